The Balaban J connectivity index is 0.00000225. The standard InChI is InChI=1S/C9H12O3S3.Na.H/c10-15(11,7-6-9(13)14)12-8-4-2-1-3-5-8;;/h1-5,9,13-14H,6-7H2;;. The van der Waals surface area contributed by atoms with E-state index in [1.165, 1.54) is 0 Å². The van der Waals surface area contributed by atoms with Crippen molar-refractivity contribution in [2.45, 2.75) is 11.0 Å². The molecule has 1 aromatic carbocycles. The Kier molecular flexibility index (Phi) is 8.22. The first-order valence-electron chi connectivity index (χ1n) is 4.33. The molecule has 3 nitrogen and oxygen atoms in total. The van der Waals surface area contributed by atoms with Gasteiger partial charge in [-0.25, -0.2) is 0 Å². The summed E-state index contributed by atoms with van der Waals surface area (Å²) in [6, 6.07) is 8.40. The van der Waals surface area contributed by atoms with Crippen LogP contribution >= 0.6 is 25.3 Å². The molecule has 0 amide bonds. The summed E-state index contributed by atoms with van der Waals surface area (Å²) in [7, 11) is -3.53. The summed E-state index contributed by atoms with van der Waals surface area (Å²) in [5, 5.41) is 0. The van der Waals surface area contributed by atoms with E-state index in [0.717, 1.165) is 0 Å². The van der Waals surface area contributed by atoms with Crippen LogP contribution in [-0.4, -0.2) is 48.3 Å². The van der Waals surface area contributed by atoms with Gasteiger partial charge in [0.25, 0.3) is 0 Å². The maximum absolute atomic E-state index is 11.4. The molecule has 0 aromatic heterocycles. The van der Waals surface area contributed by atoms with Crippen LogP contribution in [0.4, 0.5) is 0 Å². The Morgan fingerprint density at radius 2 is 1.75 bits per heavy atom. The predicted octanol–water partition coefficient (Wildman–Crippen LogP) is 1.32. The minimum atomic E-state index is -3.53. The molecular weight excluding hydrogens is 275 g/mol. The second-order valence-electron chi connectivity index (χ2n) is 2.93. The Labute approximate surface area is 129 Å². The summed E-state index contributed by atoms with van der Waals surface area (Å²) in [6.45, 7) is 0. The van der Waals surface area contributed by atoms with Gasteiger partial charge in [0, 0.05) is 4.58 Å². The summed E-state index contributed by atoms with van der Waals surface area (Å²) in [5.41, 5.74) is 0. The molecule has 0 bridgehead atoms. The van der Waals surface area contributed by atoms with Gasteiger partial charge in [-0.1, -0.05) is 18.2 Å². The number of thiol groups is 2. The molecule has 1 rings (SSSR count). The van der Waals surface area contributed by atoms with Crippen molar-refractivity contribution in [3.8, 4) is 5.75 Å². The summed E-state index contributed by atoms with van der Waals surface area (Å²) in [4.78, 5) is 0. The first-order valence-corrected chi connectivity index (χ1v) is 6.94. The fourth-order valence-corrected chi connectivity index (χ4v) is 2.53. The fraction of sp³-hybridized carbons (Fsp3) is 0.333. The van der Waals surface area contributed by atoms with Crippen LogP contribution in [0.5, 0.6) is 5.75 Å². The van der Waals surface area contributed by atoms with Crippen LogP contribution in [0, 0.1) is 0 Å². The van der Waals surface area contributed by atoms with Gasteiger partial charge in [-0.15, -0.1) is 0 Å². The summed E-state index contributed by atoms with van der Waals surface area (Å²) < 4.78 is 27.4. The second-order valence-corrected chi connectivity index (χ2v) is 6.27. The molecule has 0 heterocycles. The quantitative estimate of drug-likeness (QED) is 0.372. The molecule has 86 valence electrons. The normalized spacial score (nSPS) is 10.9. The molecule has 0 radical (unpaired) electrons. The molecule has 16 heavy (non-hydrogen) atoms. The number of rotatable bonds is 5. The van der Waals surface area contributed by atoms with E-state index in [2.05, 4.69) is 25.3 Å². The molecule has 1 aromatic rings. The van der Waals surface area contributed by atoms with E-state index in [-0.39, 0.29) is 39.9 Å². The average molecular weight is 288 g/mol. The monoisotopic (exact) mass is 288 g/mol. The molecular formula is C9H13NaO3S3. The molecule has 0 aliphatic rings. The molecule has 0 aliphatic carbocycles. The SMILES string of the molecule is O=S(=O)(CCC(S)S)Oc1ccccc1.[NaH]. The topological polar surface area (TPSA) is 43.4 Å². The maximum atomic E-state index is 11.4. The van der Waals surface area contributed by atoms with Crippen molar-refractivity contribution in [3.63, 3.8) is 0 Å². The number of benzene rings is 1. The van der Waals surface area contributed by atoms with Crippen molar-refractivity contribution in [1.29, 1.82) is 0 Å². The van der Waals surface area contributed by atoms with Crippen LogP contribution in [0.25, 0.3) is 0 Å². The molecule has 0 fully saturated rings. The fourth-order valence-electron chi connectivity index (χ4n) is 0.914. The van der Waals surface area contributed by atoms with Crippen LogP contribution in [0.2, 0.25) is 0 Å². The molecule has 0 atom stereocenters. The molecule has 0 aliphatic heterocycles. The van der Waals surface area contributed by atoms with Crippen molar-refractivity contribution < 1.29 is 12.6 Å². The van der Waals surface area contributed by atoms with Crippen molar-refractivity contribution in [3.05, 3.63) is 30.3 Å². The molecule has 7 heteroatoms. The van der Waals surface area contributed by atoms with E-state index in [0.29, 0.717) is 12.2 Å². The third-order valence-corrected chi connectivity index (χ3v) is 3.29. The summed E-state index contributed by atoms with van der Waals surface area (Å²) in [5.74, 6) is 0.243. The Hall–Kier alpha value is 0.670. The number of para-hydroxylation sites is 1. The van der Waals surface area contributed by atoms with Crippen LogP contribution in [0.3, 0.4) is 0 Å². The van der Waals surface area contributed by atoms with Gasteiger partial charge in [-0.3, -0.25) is 0 Å². The van der Waals surface area contributed by atoms with Crippen molar-refractivity contribution in [2.24, 2.45) is 0 Å². The van der Waals surface area contributed by atoms with Gasteiger partial charge in [-0.05, 0) is 18.6 Å². The predicted molar refractivity (Wildman–Crippen MR) is 74.4 cm³/mol. The zero-order chi connectivity index (χ0) is 11.3. The Morgan fingerprint density at radius 3 is 2.25 bits per heavy atom. The summed E-state index contributed by atoms with van der Waals surface area (Å²) in [6.07, 6.45) is 0.349. The first-order chi connectivity index (χ1) is 6.99. The van der Waals surface area contributed by atoms with Crippen molar-refractivity contribution in [1.82, 2.24) is 0 Å². The molecule has 0 spiro atoms. The zero-order valence-electron chi connectivity index (χ0n) is 7.91. The first kappa shape index (κ1) is 16.7. The van der Waals surface area contributed by atoms with Crippen LogP contribution in [-0.2, 0) is 10.1 Å². The van der Waals surface area contributed by atoms with Gasteiger partial charge in [0.2, 0.25) is 0 Å². The van der Waals surface area contributed by atoms with E-state index in [4.69, 9.17) is 4.18 Å². The minimum absolute atomic E-state index is 0. The molecule has 0 unspecified atom stereocenters. The second kappa shape index (κ2) is 7.89. The van der Waals surface area contributed by atoms with Gasteiger partial charge in [0.15, 0.2) is 0 Å². The number of hydrogen-bond donors (Lipinski definition) is 2. The summed E-state index contributed by atoms with van der Waals surface area (Å²) >= 11 is 7.96. The molecule has 0 saturated heterocycles. The van der Waals surface area contributed by atoms with Gasteiger partial charge >= 0.3 is 39.7 Å². The number of hydrogen-bond acceptors (Lipinski definition) is 5. The van der Waals surface area contributed by atoms with E-state index in [9.17, 15) is 8.42 Å². The van der Waals surface area contributed by atoms with E-state index in [1.54, 1.807) is 30.3 Å². The third-order valence-electron chi connectivity index (χ3n) is 1.59. The van der Waals surface area contributed by atoms with E-state index >= 15 is 0 Å². The van der Waals surface area contributed by atoms with Gasteiger partial charge in [0.05, 0.1) is 5.75 Å². The van der Waals surface area contributed by atoms with Crippen molar-refractivity contribution >= 4 is 64.9 Å². The van der Waals surface area contributed by atoms with E-state index in [1.807, 2.05) is 0 Å². The van der Waals surface area contributed by atoms with Gasteiger partial charge in [0.1, 0.15) is 5.75 Å². The van der Waals surface area contributed by atoms with Gasteiger partial charge in [-0.2, -0.15) is 33.7 Å². The van der Waals surface area contributed by atoms with Crippen LogP contribution < -0.4 is 4.18 Å². The van der Waals surface area contributed by atoms with Crippen molar-refractivity contribution in [2.75, 3.05) is 5.75 Å². The van der Waals surface area contributed by atoms with E-state index < -0.39 is 10.1 Å². The Bertz CT molecular complexity index is 392. The van der Waals surface area contributed by atoms with Crippen LogP contribution in [0.1, 0.15) is 6.42 Å². The zero-order valence-corrected chi connectivity index (χ0v) is 10.5. The average Bonchev–Trinajstić information content (AvgIpc) is 2.16. The third kappa shape index (κ3) is 7.09. The molecule has 0 N–H and O–H groups in total. The molecule has 0 saturated carbocycles. The van der Waals surface area contributed by atoms with Gasteiger partial charge < -0.3 is 4.18 Å². The van der Waals surface area contributed by atoms with Crippen LogP contribution in [0.15, 0.2) is 30.3 Å². The Morgan fingerprint density at radius 1 is 1.19 bits per heavy atom.